The van der Waals surface area contributed by atoms with Gasteiger partial charge in [0, 0.05) is 30.8 Å². The largest absolute Gasteiger partial charge is 0.385 e. The van der Waals surface area contributed by atoms with Gasteiger partial charge in [0.25, 0.3) is 0 Å². The molecule has 2 atom stereocenters. The van der Waals surface area contributed by atoms with Crippen LogP contribution in [0.4, 0.5) is 0 Å². The number of hydrogen-bond acceptors (Lipinski definition) is 2. The van der Waals surface area contributed by atoms with Crippen molar-refractivity contribution in [1.29, 1.82) is 0 Å². The fourth-order valence-electron chi connectivity index (χ4n) is 2.29. The zero-order valence-corrected chi connectivity index (χ0v) is 11.9. The van der Waals surface area contributed by atoms with Crippen molar-refractivity contribution in [3.63, 3.8) is 0 Å². The number of ether oxygens (including phenoxy) is 1. The van der Waals surface area contributed by atoms with Gasteiger partial charge < -0.3 is 10.1 Å². The van der Waals surface area contributed by atoms with Crippen LogP contribution in [-0.4, -0.2) is 19.8 Å². The zero-order chi connectivity index (χ0) is 13.0. The van der Waals surface area contributed by atoms with Gasteiger partial charge in [-0.15, -0.1) is 0 Å². The minimum Gasteiger partial charge on any atom is -0.385 e. The second-order valence-corrected chi connectivity index (χ2v) is 5.65. The molecule has 1 N–H and O–H groups in total. The minimum atomic E-state index is 0.467. The molecule has 2 nitrogen and oxygen atoms in total. The molecule has 1 aliphatic carbocycles. The lowest BCUT2D eigenvalue weighted by atomic mass is 10.0. The summed E-state index contributed by atoms with van der Waals surface area (Å²) < 4.78 is 5.13. The number of rotatable bonds is 7. The summed E-state index contributed by atoms with van der Waals surface area (Å²) in [5.74, 6) is 0.788. The Morgan fingerprint density at radius 3 is 2.56 bits per heavy atom. The molecule has 0 heterocycles. The van der Waals surface area contributed by atoms with Gasteiger partial charge in [-0.25, -0.2) is 0 Å². The van der Waals surface area contributed by atoms with Crippen LogP contribution in [0.2, 0.25) is 5.02 Å². The quantitative estimate of drug-likeness (QED) is 0.811. The van der Waals surface area contributed by atoms with Crippen LogP contribution in [0.25, 0.3) is 0 Å². The van der Waals surface area contributed by atoms with Gasteiger partial charge in [0.2, 0.25) is 0 Å². The summed E-state index contributed by atoms with van der Waals surface area (Å²) in [6.07, 6.45) is 3.71. The molecule has 2 unspecified atom stereocenters. The van der Waals surface area contributed by atoms with Crippen molar-refractivity contribution in [2.24, 2.45) is 5.92 Å². The molecule has 2 rings (SSSR count). The monoisotopic (exact) mass is 267 g/mol. The number of halogens is 1. The van der Waals surface area contributed by atoms with Crippen LogP contribution in [-0.2, 0) is 4.74 Å². The van der Waals surface area contributed by atoms with Crippen LogP contribution in [0.1, 0.15) is 37.8 Å². The van der Waals surface area contributed by atoms with Crippen LogP contribution in [0.15, 0.2) is 24.3 Å². The molecule has 1 saturated carbocycles. The first-order chi connectivity index (χ1) is 8.70. The molecule has 0 amide bonds. The number of nitrogens with one attached hydrogen (secondary N) is 1. The van der Waals surface area contributed by atoms with E-state index >= 15 is 0 Å². The van der Waals surface area contributed by atoms with E-state index in [0.29, 0.717) is 12.1 Å². The van der Waals surface area contributed by atoms with Crippen molar-refractivity contribution >= 4 is 11.6 Å². The van der Waals surface area contributed by atoms with Gasteiger partial charge in [-0.05, 0) is 49.8 Å². The Balaban J connectivity index is 1.97. The molecule has 1 aliphatic rings. The summed E-state index contributed by atoms with van der Waals surface area (Å²) in [4.78, 5) is 0. The van der Waals surface area contributed by atoms with Crippen molar-refractivity contribution in [2.45, 2.75) is 38.3 Å². The van der Waals surface area contributed by atoms with Crippen molar-refractivity contribution in [2.75, 3.05) is 13.7 Å². The third-order valence-electron chi connectivity index (χ3n) is 3.54. The van der Waals surface area contributed by atoms with Crippen molar-refractivity contribution in [3.8, 4) is 0 Å². The maximum atomic E-state index is 5.95. The highest BCUT2D eigenvalue weighted by molar-refractivity contribution is 6.30. The molecule has 3 heteroatoms. The Morgan fingerprint density at radius 2 is 2.00 bits per heavy atom. The van der Waals surface area contributed by atoms with E-state index < -0.39 is 0 Å². The van der Waals surface area contributed by atoms with Crippen LogP contribution in [0.3, 0.4) is 0 Å². The summed E-state index contributed by atoms with van der Waals surface area (Å²) in [6, 6.07) is 9.19. The molecule has 0 aromatic heterocycles. The van der Waals surface area contributed by atoms with Gasteiger partial charge in [-0.3, -0.25) is 0 Å². The van der Waals surface area contributed by atoms with Gasteiger partial charge in [0.15, 0.2) is 0 Å². The average molecular weight is 268 g/mol. The Bertz CT molecular complexity index is 361. The first-order valence-electron chi connectivity index (χ1n) is 6.71. The van der Waals surface area contributed by atoms with E-state index in [1.54, 1.807) is 7.11 Å². The molecule has 18 heavy (non-hydrogen) atoms. The van der Waals surface area contributed by atoms with Gasteiger partial charge in [-0.1, -0.05) is 23.7 Å². The molecule has 1 aromatic rings. The highest BCUT2D eigenvalue weighted by atomic mass is 35.5. The second-order valence-electron chi connectivity index (χ2n) is 5.22. The van der Waals surface area contributed by atoms with Gasteiger partial charge in [0.1, 0.15) is 0 Å². The third-order valence-corrected chi connectivity index (χ3v) is 3.79. The highest BCUT2D eigenvalue weighted by Crippen LogP contribution is 2.41. The maximum absolute atomic E-state index is 5.95. The number of methoxy groups -OCH3 is 1. The normalized spacial score (nSPS) is 18.6. The van der Waals surface area contributed by atoms with Crippen LogP contribution < -0.4 is 5.32 Å². The van der Waals surface area contributed by atoms with Crippen LogP contribution in [0.5, 0.6) is 0 Å². The van der Waals surface area contributed by atoms with E-state index in [1.807, 2.05) is 12.1 Å². The first-order valence-corrected chi connectivity index (χ1v) is 7.09. The zero-order valence-electron chi connectivity index (χ0n) is 11.2. The molecular formula is C15H22ClNO. The molecule has 1 fully saturated rings. The van der Waals surface area contributed by atoms with E-state index in [1.165, 1.54) is 18.4 Å². The Hall–Kier alpha value is -0.570. The predicted octanol–water partition coefficient (Wildman–Crippen LogP) is 3.81. The number of benzene rings is 1. The third kappa shape index (κ3) is 3.98. The number of hydrogen-bond donors (Lipinski definition) is 1. The molecule has 0 spiro atoms. The summed E-state index contributed by atoms with van der Waals surface area (Å²) in [5.41, 5.74) is 1.35. The Morgan fingerprint density at radius 1 is 1.33 bits per heavy atom. The summed E-state index contributed by atoms with van der Waals surface area (Å²) >= 11 is 5.95. The summed E-state index contributed by atoms with van der Waals surface area (Å²) in [7, 11) is 1.75. The second kappa shape index (κ2) is 6.55. The lowest BCUT2D eigenvalue weighted by molar-refractivity contribution is 0.181. The fourth-order valence-corrected chi connectivity index (χ4v) is 2.41. The molecule has 0 bridgehead atoms. The van der Waals surface area contributed by atoms with Crippen LogP contribution in [0, 0.1) is 5.92 Å². The van der Waals surface area contributed by atoms with Crippen molar-refractivity contribution < 1.29 is 4.74 Å². The standard InChI is InChI=1S/C15H22ClNO/c1-11(9-10-18-2)17-15(12-3-4-12)13-5-7-14(16)8-6-13/h5-8,11-12,15,17H,3-4,9-10H2,1-2H3. The molecule has 0 radical (unpaired) electrons. The average Bonchev–Trinajstić information content (AvgIpc) is 3.19. The van der Waals surface area contributed by atoms with E-state index in [-0.39, 0.29) is 0 Å². The van der Waals surface area contributed by atoms with Gasteiger partial charge >= 0.3 is 0 Å². The van der Waals surface area contributed by atoms with E-state index in [4.69, 9.17) is 16.3 Å². The van der Waals surface area contributed by atoms with Gasteiger partial charge in [-0.2, -0.15) is 0 Å². The SMILES string of the molecule is COCCC(C)NC(c1ccc(Cl)cc1)C1CC1. The minimum absolute atomic E-state index is 0.467. The van der Waals surface area contributed by atoms with Crippen molar-refractivity contribution in [3.05, 3.63) is 34.9 Å². The van der Waals surface area contributed by atoms with Crippen LogP contribution >= 0.6 is 11.6 Å². The van der Waals surface area contributed by atoms with Crippen molar-refractivity contribution in [1.82, 2.24) is 5.32 Å². The molecular weight excluding hydrogens is 246 g/mol. The lowest BCUT2D eigenvalue weighted by Gasteiger charge is -2.23. The maximum Gasteiger partial charge on any atom is 0.0476 e. The Kier molecular flexibility index (Phi) is 5.04. The highest BCUT2D eigenvalue weighted by Gasteiger charge is 2.32. The molecule has 100 valence electrons. The van der Waals surface area contributed by atoms with E-state index in [9.17, 15) is 0 Å². The van der Waals surface area contributed by atoms with Gasteiger partial charge in [0.05, 0.1) is 0 Å². The summed E-state index contributed by atoms with van der Waals surface area (Å²) in [6.45, 7) is 3.04. The molecule has 0 aliphatic heterocycles. The molecule has 1 aromatic carbocycles. The lowest BCUT2D eigenvalue weighted by Crippen LogP contribution is -2.32. The smallest absolute Gasteiger partial charge is 0.0476 e. The summed E-state index contributed by atoms with van der Waals surface area (Å²) in [5, 5.41) is 4.53. The van der Waals surface area contributed by atoms with E-state index in [0.717, 1.165) is 24.0 Å². The topological polar surface area (TPSA) is 21.3 Å². The fraction of sp³-hybridized carbons (Fsp3) is 0.600. The first kappa shape index (κ1) is 13.9. The predicted molar refractivity (Wildman–Crippen MR) is 76.0 cm³/mol. The van der Waals surface area contributed by atoms with E-state index in [2.05, 4.69) is 24.4 Å². The molecule has 0 saturated heterocycles. The Labute approximate surface area is 115 Å².